The lowest BCUT2D eigenvalue weighted by Gasteiger charge is -2.23. The fraction of sp³-hybridized carbons (Fsp3) is 0.316. The molecule has 0 radical (unpaired) electrons. The summed E-state index contributed by atoms with van der Waals surface area (Å²) in [6, 6.07) is 12.9. The standard InChI is InChI=1S/C19H22N6O2/c1-20-18(26)13-5-7-14(8-6-13)22-19-23-16-3-2-4-17(25(16)24-19)27-15-9-11-21-12-10-15/h2-8,15,21H,9-12H2,1H3,(H,20,26)(H,22,24). The van der Waals surface area contributed by atoms with Crippen molar-refractivity contribution in [3.05, 3.63) is 48.0 Å². The number of anilines is 2. The zero-order valence-electron chi connectivity index (χ0n) is 15.1. The third kappa shape index (κ3) is 3.85. The topological polar surface area (TPSA) is 92.6 Å². The van der Waals surface area contributed by atoms with Crippen LogP contribution in [0.1, 0.15) is 23.2 Å². The minimum absolute atomic E-state index is 0.118. The molecule has 0 saturated carbocycles. The van der Waals surface area contributed by atoms with E-state index in [0.717, 1.165) is 31.6 Å². The SMILES string of the molecule is CNC(=O)c1ccc(Nc2nc3cccc(OC4CCNCC4)n3n2)cc1. The second kappa shape index (κ2) is 7.63. The number of hydrogen-bond donors (Lipinski definition) is 3. The Kier molecular flexibility index (Phi) is 4.88. The highest BCUT2D eigenvalue weighted by molar-refractivity contribution is 5.94. The van der Waals surface area contributed by atoms with Gasteiger partial charge >= 0.3 is 0 Å². The first kappa shape index (κ1) is 17.3. The number of hydrogen-bond acceptors (Lipinski definition) is 6. The number of pyridine rings is 1. The van der Waals surface area contributed by atoms with E-state index in [1.165, 1.54) is 0 Å². The van der Waals surface area contributed by atoms with E-state index in [2.05, 4.69) is 26.0 Å². The summed E-state index contributed by atoms with van der Waals surface area (Å²) in [5.41, 5.74) is 2.12. The molecule has 1 aliphatic heterocycles. The first-order chi connectivity index (χ1) is 13.2. The van der Waals surface area contributed by atoms with Crippen molar-refractivity contribution in [3.63, 3.8) is 0 Å². The average Bonchev–Trinajstić information content (AvgIpc) is 3.12. The van der Waals surface area contributed by atoms with Crippen molar-refractivity contribution in [3.8, 4) is 5.88 Å². The van der Waals surface area contributed by atoms with Gasteiger partial charge < -0.3 is 20.7 Å². The molecule has 3 aromatic rings. The molecule has 0 spiro atoms. The van der Waals surface area contributed by atoms with Crippen molar-refractivity contribution in [2.75, 3.05) is 25.5 Å². The Morgan fingerprint density at radius 3 is 2.70 bits per heavy atom. The van der Waals surface area contributed by atoms with Crippen molar-refractivity contribution in [1.29, 1.82) is 0 Å². The van der Waals surface area contributed by atoms with E-state index in [9.17, 15) is 4.79 Å². The van der Waals surface area contributed by atoms with Crippen LogP contribution in [0.15, 0.2) is 42.5 Å². The van der Waals surface area contributed by atoms with Crippen LogP contribution < -0.4 is 20.7 Å². The van der Waals surface area contributed by atoms with Gasteiger partial charge in [-0.15, -0.1) is 5.10 Å². The van der Waals surface area contributed by atoms with Gasteiger partial charge in [0.2, 0.25) is 11.8 Å². The van der Waals surface area contributed by atoms with E-state index < -0.39 is 0 Å². The van der Waals surface area contributed by atoms with E-state index in [0.29, 0.717) is 23.0 Å². The zero-order valence-corrected chi connectivity index (χ0v) is 15.1. The maximum absolute atomic E-state index is 11.6. The van der Waals surface area contributed by atoms with Gasteiger partial charge in [-0.3, -0.25) is 4.79 Å². The number of benzene rings is 1. The van der Waals surface area contributed by atoms with Gasteiger partial charge in [0.1, 0.15) is 6.10 Å². The van der Waals surface area contributed by atoms with Crippen molar-refractivity contribution >= 4 is 23.2 Å². The van der Waals surface area contributed by atoms with Gasteiger partial charge in [0.15, 0.2) is 5.65 Å². The molecule has 1 fully saturated rings. The summed E-state index contributed by atoms with van der Waals surface area (Å²) in [6.07, 6.45) is 2.15. The summed E-state index contributed by atoms with van der Waals surface area (Å²) in [5, 5.41) is 13.6. The summed E-state index contributed by atoms with van der Waals surface area (Å²) < 4.78 is 7.85. The Morgan fingerprint density at radius 2 is 1.96 bits per heavy atom. The maximum atomic E-state index is 11.6. The largest absolute Gasteiger partial charge is 0.474 e. The number of carbonyl (C=O) groups is 1. The number of carbonyl (C=O) groups excluding carboxylic acids is 1. The van der Waals surface area contributed by atoms with Crippen molar-refractivity contribution in [1.82, 2.24) is 25.2 Å². The monoisotopic (exact) mass is 366 g/mol. The molecule has 0 unspecified atom stereocenters. The van der Waals surface area contributed by atoms with Gasteiger partial charge in [-0.1, -0.05) is 6.07 Å². The number of fused-ring (bicyclic) bond motifs is 1. The first-order valence-electron chi connectivity index (χ1n) is 9.05. The number of piperidine rings is 1. The second-order valence-corrected chi connectivity index (χ2v) is 6.42. The molecule has 1 aromatic carbocycles. The quantitative estimate of drug-likeness (QED) is 0.639. The normalized spacial score (nSPS) is 14.9. The highest BCUT2D eigenvalue weighted by Gasteiger charge is 2.17. The lowest BCUT2D eigenvalue weighted by molar-refractivity contribution is 0.0963. The van der Waals surface area contributed by atoms with Crippen LogP contribution in [0, 0.1) is 0 Å². The molecule has 8 nitrogen and oxygen atoms in total. The molecule has 1 amide bonds. The lowest BCUT2D eigenvalue weighted by Crippen LogP contribution is -2.34. The van der Waals surface area contributed by atoms with Crippen LogP contribution in [0.4, 0.5) is 11.6 Å². The van der Waals surface area contributed by atoms with E-state index in [4.69, 9.17) is 4.74 Å². The van der Waals surface area contributed by atoms with E-state index in [-0.39, 0.29) is 12.0 Å². The first-order valence-corrected chi connectivity index (χ1v) is 9.05. The Bertz CT molecular complexity index is 931. The number of nitrogens with zero attached hydrogens (tertiary/aromatic N) is 3. The molecule has 0 atom stereocenters. The van der Waals surface area contributed by atoms with Crippen molar-refractivity contribution < 1.29 is 9.53 Å². The summed E-state index contributed by atoms with van der Waals surface area (Å²) in [4.78, 5) is 16.1. The maximum Gasteiger partial charge on any atom is 0.251 e. The molecular formula is C19H22N6O2. The van der Waals surface area contributed by atoms with E-state index in [1.54, 1.807) is 23.7 Å². The van der Waals surface area contributed by atoms with Crippen molar-refractivity contribution in [2.45, 2.75) is 18.9 Å². The van der Waals surface area contributed by atoms with Crippen LogP contribution in [0.2, 0.25) is 0 Å². The minimum atomic E-state index is -0.118. The molecule has 4 rings (SSSR count). The highest BCUT2D eigenvalue weighted by Crippen LogP contribution is 2.21. The molecule has 140 valence electrons. The van der Waals surface area contributed by atoms with Gasteiger partial charge in [-0.2, -0.15) is 9.50 Å². The third-order valence-corrected chi connectivity index (χ3v) is 4.53. The second-order valence-electron chi connectivity index (χ2n) is 6.42. The molecule has 1 aliphatic rings. The number of ether oxygens (including phenoxy) is 1. The summed E-state index contributed by atoms with van der Waals surface area (Å²) in [5.74, 6) is 1.05. The van der Waals surface area contributed by atoms with Gasteiger partial charge in [0, 0.05) is 24.4 Å². The Morgan fingerprint density at radius 1 is 1.19 bits per heavy atom. The Labute approximate surface area is 156 Å². The van der Waals surface area contributed by atoms with Crippen LogP contribution in [-0.4, -0.2) is 46.7 Å². The fourth-order valence-corrected chi connectivity index (χ4v) is 3.09. The fourth-order valence-electron chi connectivity index (χ4n) is 3.09. The molecule has 0 aliphatic carbocycles. The average molecular weight is 366 g/mol. The molecule has 1 saturated heterocycles. The summed E-state index contributed by atoms with van der Waals surface area (Å²) >= 11 is 0. The minimum Gasteiger partial charge on any atom is -0.474 e. The van der Waals surface area contributed by atoms with Crippen LogP contribution in [0.3, 0.4) is 0 Å². The van der Waals surface area contributed by atoms with Gasteiger partial charge in [-0.05, 0) is 56.3 Å². The molecule has 27 heavy (non-hydrogen) atoms. The van der Waals surface area contributed by atoms with Gasteiger partial charge in [0.25, 0.3) is 5.91 Å². The number of amides is 1. The molecule has 0 bridgehead atoms. The predicted octanol–water partition coefficient (Wildman–Crippen LogP) is 1.96. The summed E-state index contributed by atoms with van der Waals surface area (Å²) in [7, 11) is 1.61. The molecule has 3 heterocycles. The van der Waals surface area contributed by atoms with Gasteiger partial charge in [0.05, 0.1) is 0 Å². The number of nitrogens with one attached hydrogen (secondary N) is 3. The highest BCUT2D eigenvalue weighted by atomic mass is 16.5. The molecule has 8 heteroatoms. The zero-order chi connectivity index (χ0) is 18.6. The van der Waals surface area contributed by atoms with Crippen LogP contribution in [0.5, 0.6) is 5.88 Å². The lowest BCUT2D eigenvalue weighted by atomic mass is 10.1. The predicted molar refractivity (Wildman–Crippen MR) is 103 cm³/mol. The number of rotatable bonds is 5. The smallest absolute Gasteiger partial charge is 0.251 e. The number of aromatic nitrogens is 3. The van der Waals surface area contributed by atoms with Crippen molar-refractivity contribution in [2.24, 2.45) is 0 Å². The van der Waals surface area contributed by atoms with E-state index >= 15 is 0 Å². The third-order valence-electron chi connectivity index (χ3n) is 4.53. The molecule has 2 aromatic heterocycles. The Balaban J connectivity index is 1.52. The van der Waals surface area contributed by atoms with Crippen LogP contribution >= 0.6 is 0 Å². The van der Waals surface area contributed by atoms with Crippen LogP contribution in [-0.2, 0) is 0 Å². The molecule has 3 N–H and O–H groups in total. The van der Waals surface area contributed by atoms with E-state index in [1.807, 2.05) is 30.3 Å². The van der Waals surface area contributed by atoms with Gasteiger partial charge in [-0.25, -0.2) is 0 Å². The summed E-state index contributed by atoms with van der Waals surface area (Å²) in [6.45, 7) is 1.94. The molecular weight excluding hydrogens is 344 g/mol. The van der Waals surface area contributed by atoms with Crippen LogP contribution in [0.25, 0.3) is 5.65 Å². The Hall–Kier alpha value is -3.13.